The highest BCUT2D eigenvalue weighted by Gasteiger charge is 2.43. The van der Waals surface area contributed by atoms with Crippen molar-refractivity contribution in [1.29, 1.82) is 0 Å². The van der Waals surface area contributed by atoms with E-state index < -0.39 is 0 Å². The van der Waals surface area contributed by atoms with Crippen molar-refractivity contribution in [3.63, 3.8) is 0 Å². The number of nitrogens with one attached hydrogen (secondary N) is 1. The van der Waals surface area contributed by atoms with Gasteiger partial charge in [-0.3, -0.25) is 0 Å². The van der Waals surface area contributed by atoms with Crippen LogP contribution < -0.4 is 5.32 Å². The Morgan fingerprint density at radius 2 is 2.25 bits per heavy atom. The second-order valence-corrected chi connectivity index (χ2v) is 7.22. The van der Waals surface area contributed by atoms with Crippen molar-refractivity contribution in [2.75, 3.05) is 25.4 Å². The van der Waals surface area contributed by atoms with Crippen LogP contribution in [0.4, 0.5) is 0 Å². The predicted molar refractivity (Wildman–Crippen MR) is 85.5 cm³/mol. The monoisotopic (exact) mass is 291 g/mol. The topological polar surface area (TPSA) is 21.3 Å². The van der Waals surface area contributed by atoms with E-state index in [1.807, 2.05) is 11.8 Å². The number of hydrogen-bond donors (Lipinski definition) is 1. The standard InChI is InChI=1S/C17H25NOS/c1-3-18-12-17(8-9-19-13(17)2)10-14-11-20-16-7-5-4-6-15(14)16/h4-7,13-14,18H,3,8-12H2,1-2H3. The van der Waals surface area contributed by atoms with E-state index in [1.54, 1.807) is 5.56 Å². The molecule has 0 bridgehead atoms. The number of thioether (sulfide) groups is 1. The molecule has 1 N–H and O–H groups in total. The second-order valence-electron chi connectivity index (χ2n) is 6.16. The van der Waals surface area contributed by atoms with Crippen LogP contribution in [0.25, 0.3) is 0 Å². The Morgan fingerprint density at radius 3 is 3.00 bits per heavy atom. The van der Waals surface area contributed by atoms with Crippen LogP contribution in [0.5, 0.6) is 0 Å². The molecular weight excluding hydrogens is 266 g/mol. The average molecular weight is 291 g/mol. The second kappa shape index (κ2) is 6.08. The maximum atomic E-state index is 5.92. The van der Waals surface area contributed by atoms with Crippen molar-refractivity contribution < 1.29 is 4.74 Å². The van der Waals surface area contributed by atoms with Crippen molar-refractivity contribution >= 4 is 11.8 Å². The lowest BCUT2D eigenvalue weighted by molar-refractivity contribution is 0.0559. The zero-order valence-electron chi connectivity index (χ0n) is 12.5. The van der Waals surface area contributed by atoms with E-state index in [-0.39, 0.29) is 0 Å². The van der Waals surface area contributed by atoms with E-state index in [9.17, 15) is 0 Å². The maximum Gasteiger partial charge on any atom is 0.0616 e. The van der Waals surface area contributed by atoms with Gasteiger partial charge in [0.15, 0.2) is 0 Å². The molecule has 0 spiro atoms. The summed E-state index contributed by atoms with van der Waals surface area (Å²) in [6, 6.07) is 8.93. The van der Waals surface area contributed by atoms with Gasteiger partial charge in [0.2, 0.25) is 0 Å². The van der Waals surface area contributed by atoms with Crippen molar-refractivity contribution in [3.8, 4) is 0 Å². The molecule has 0 amide bonds. The zero-order chi connectivity index (χ0) is 14.0. The molecule has 0 radical (unpaired) electrons. The van der Waals surface area contributed by atoms with Crippen LogP contribution in [0.1, 0.15) is 38.2 Å². The summed E-state index contributed by atoms with van der Waals surface area (Å²) in [6.45, 7) is 7.51. The van der Waals surface area contributed by atoms with Gasteiger partial charge in [-0.2, -0.15) is 0 Å². The summed E-state index contributed by atoms with van der Waals surface area (Å²) in [4.78, 5) is 1.49. The number of hydrogen-bond acceptors (Lipinski definition) is 3. The lowest BCUT2D eigenvalue weighted by Crippen LogP contribution is -2.40. The Kier molecular flexibility index (Phi) is 4.39. The molecule has 2 heterocycles. The van der Waals surface area contributed by atoms with Gasteiger partial charge in [0.25, 0.3) is 0 Å². The third-order valence-electron chi connectivity index (χ3n) is 5.01. The highest BCUT2D eigenvalue weighted by atomic mass is 32.2. The fourth-order valence-electron chi connectivity index (χ4n) is 3.65. The van der Waals surface area contributed by atoms with Crippen LogP contribution in [-0.4, -0.2) is 31.6 Å². The van der Waals surface area contributed by atoms with Crippen molar-refractivity contribution in [1.82, 2.24) is 5.32 Å². The fourth-order valence-corrected chi connectivity index (χ4v) is 4.91. The van der Waals surface area contributed by atoms with Gasteiger partial charge in [-0.1, -0.05) is 25.1 Å². The molecule has 20 heavy (non-hydrogen) atoms. The lowest BCUT2D eigenvalue weighted by atomic mass is 9.73. The number of ether oxygens (including phenoxy) is 1. The molecule has 3 rings (SSSR count). The molecule has 2 aliphatic heterocycles. The number of rotatable bonds is 5. The Labute approximate surface area is 126 Å². The van der Waals surface area contributed by atoms with E-state index in [2.05, 4.69) is 43.4 Å². The highest BCUT2D eigenvalue weighted by molar-refractivity contribution is 7.99. The van der Waals surface area contributed by atoms with E-state index in [0.717, 1.165) is 19.7 Å². The molecule has 3 heteroatoms. The highest BCUT2D eigenvalue weighted by Crippen LogP contribution is 2.48. The van der Waals surface area contributed by atoms with E-state index >= 15 is 0 Å². The van der Waals surface area contributed by atoms with Gasteiger partial charge in [0.1, 0.15) is 0 Å². The minimum atomic E-state index is 0.318. The minimum Gasteiger partial charge on any atom is -0.378 e. The molecule has 1 aromatic carbocycles. The Morgan fingerprint density at radius 1 is 1.40 bits per heavy atom. The molecule has 110 valence electrons. The fraction of sp³-hybridized carbons (Fsp3) is 0.647. The molecule has 2 nitrogen and oxygen atoms in total. The average Bonchev–Trinajstić information content (AvgIpc) is 3.03. The molecule has 1 aromatic rings. The summed E-state index contributed by atoms with van der Waals surface area (Å²) in [6.07, 6.45) is 2.83. The summed E-state index contributed by atoms with van der Waals surface area (Å²) in [5.74, 6) is 1.93. The third kappa shape index (κ3) is 2.63. The molecule has 3 atom stereocenters. The first kappa shape index (κ1) is 14.4. The van der Waals surface area contributed by atoms with Crippen molar-refractivity contribution in [3.05, 3.63) is 29.8 Å². The predicted octanol–water partition coefficient (Wildman–Crippen LogP) is 3.67. The largest absolute Gasteiger partial charge is 0.378 e. The maximum absolute atomic E-state index is 5.92. The molecule has 0 saturated carbocycles. The summed E-state index contributed by atoms with van der Waals surface area (Å²) < 4.78 is 5.92. The Hall–Kier alpha value is -0.510. The van der Waals surface area contributed by atoms with Gasteiger partial charge in [-0.25, -0.2) is 0 Å². The molecule has 0 aromatic heterocycles. The Bertz CT molecular complexity index is 464. The number of benzene rings is 1. The van der Waals surface area contributed by atoms with Gasteiger partial charge < -0.3 is 10.1 Å². The molecule has 0 aliphatic carbocycles. The van der Waals surface area contributed by atoms with Crippen LogP contribution in [0.2, 0.25) is 0 Å². The van der Waals surface area contributed by atoms with Crippen molar-refractivity contribution in [2.45, 2.75) is 43.6 Å². The Balaban J connectivity index is 1.78. The summed E-state index contributed by atoms with van der Waals surface area (Å²) in [5.41, 5.74) is 1.88. The first-order chi connectivity index (χ1) is 9.75. The normalized spacial score (nSPS) is 32.5. The van der Waals surface area contributed by atoms with Crippen LogP contribution >= 0.6 is 11.8 Å². The van der Waals surface area contributed by atoms with Gasteiger partial charge in [0, 0.05) is 29.2 Å². The van der Waals surface area contributed by atoms with Gasteiger partial charge in [-0.05, 0) is 43.9 Å². The van der Waals surface area contributed by atoms with Gasteiger partial charge in [0.05, 0.1) is 6.10 Å². The molecular formula is C17H25NOS. The number of fused-ring (bicyclic) bond motifs is 1. The van der Waals surface area contributed by atoms with Crippen LogP contribution in [0.15, 0.2) is 29.2 Å². The summed E-state index contributed by atoms with van der Waals surface area (Å²) in [7, 11) is 0. The van der Waals surface area contributed by atoms with E-state index in [0.29, 0.717) is 17.4 Å². The van der Waals surface area contributed by atoms with Crippen LogP contribution in [-0.2, 0) is 4.74 Å². The minimum absolute atomic E-state index is 0.318. The molecule has 1 fully saturated rings. The van der Waals surface area contributed by atoms with Crippen LogP contribution in [0.3, 0.4) is 0 Å². The zero-order valence-corrected chi connectivity index (χ0v) is 13.3. The molecule has 3 unspecified atom stereocenters. The van der Waals surface area contributed by atoms with Crippen molar-refractivity contribution in [2.24, 2.45) is 5.41 Å². The lowest BCUT2D eigenvalue weighted by Gasteiger charge is -2.35. The van der Waals surface area contributed by atoms with E-state index in [1.165, 1.54) is 23.5 Å². The van der Waals surface area contributed by atoms with Gasteiger partial charge in [-0.15, -0.1) is 11.8 Å². The quantitative estimate of drug-likeness (QED) is 0.894. The summed E-state index contributed by atoms with van der Waals surface area (Å²) >= 11 is 2.02. The first-order valence-electron chi connectivity index (χ1n) is 7.79. The SMILES string of the molecule is CCNCC1(CC2CSc3ccccc32)CCOC1C. The third-order valence-corrected chi connectivity index (χ3v) is 6.26. The molecule has 1 saturated heterocycles. The van der Waals surface area contributed by atoms with Crippen LogP contribution in [0, 0.1) is 5.41 Å². The molecule has 2 aliphatic rings. The van der Waals surface area contributed by atoms with E-state index in [4.69, 9.17) is 4.74 Å². The summed E-state index contributed by atoms with van der Waals surface area (Å²) in [5, 5.41) is 3.57. The smallest absolute Gasteiger partial charge is 0.0616 e. The van der Waals surface area contributed by atoms with Gasteiger partial charge >= 0.3 is 0 Å². The first-order valence-corrected chi connectivity index (χ1v) is 8.78.